The van der Waals surface area contributed by atoms with E-state index in [-0.39, 0.29) is 12.4 Å². The Hall–Kier alpha value is -0.0100. The maximum absolute atomic E-state index is 3.89. The zero-order valence-corrected chi connectivity index (χ0v) is 8.85. The van der Waals surface area contributed by atoms with Crippen molar-refractivity contribution in [2.75, 3.05) is 13.6 Å². The topological polar surface area (TPSA) is 12.0 Å². The molecule has 11 heavy (non-hydrogen) atoms. The molecule has 0 heterocycles. The van der Waals surface area contributed by atoms with Crippen molar-refractivity contribution in [1.29, 1.82) is 0 Å². The van der Waals surface area contributed by atoms with E-state index in [2.05, 4.69) is 32.7 Å². The first kappa shape index (κ1) is 13.6. The number of hydrogen-bond donors (Lipinski definition) is 1. The minimum atomic E-state index is 0. The third kappa shape index (κ3) is 7.89. The molecule has 0 fully saturated rings. The van der Waals surface area contributed by atoms with E-state index in [1.807, 2.05) is 7.05 Å². The molecule has 0 saturated carbocycles. The van der Waals surface area contributed by atoms with Crippen molar-refractivity contribution in [3.63, 3.8) is 0 Å². The molecule has 0 aromatic carbocycles. The minimum Gasteiger partial charge on any atom is -0.319 e. The summed E-state index contributed by atoms with van der Waals surface area (Å²) in [6.07, 6.45) is 1.10. The van der Waals surface area contributed by atoms with Crippen molar-refractivity contribution in [3.05, 3.63) is 12.2 Å². The smallest absolute Gasteiger partial charge is 0.000258 e. The van der Waals surface area contributed by atoms with Crippen LogP contribution in [0.5, 0.6) is 0 Å². The lowest BCUT2D eigenvalue weighted by Crippen LogP contribution is -2.26. The van der Waals surface area contributed by atoms with Gasteiger partial charge in [-0.2, -0.15) is 0 Å². The van der Waals surface area contributed by atoms with Gasteiger partial charge in [0.15, 0.2) is 0 Å². The lowest BCUT2D eigenvalue weighted by molar-refractivity contribution is 0.349. The second kappa shape index (κ2) is 5.62. The average Bonchev–Trinajstić information content (AvgIpc) is 1.59. The van der Waals surface area contributed by atoms with Gasteiger partial charge in [-0.25, -0.2) is 0 Å². The molecule has 0 rings (SSSR count). The van der Waals surface area contributed by atoms with Gasteiger partial charge >= 0.3 is 0 Å². The van der Waals surface area contributed by atoms with E-state index in [0.717, 1.165) is 13.0 Å². The van der Waals surface area contributed by atoms with Gasteiger partial charge < -0.3 is 5.32 Å². The van der Waals surface area contributed by atoms with Crippen LogP contribution < -0.4 is 5.32 Å². The number of hydrogen-bond acceptors (Lipinski definition) is 1. The van der Waals surface area contributed by atoms with Crippen LogP contribution in [0.4, 0.5) is 0 Å². The van der Waals surface area contributed by atoms with E-state index in [1.165, 1.54) is 5.57 Å². The van der Waals surface area contributed by atoms with Gasteiger partial charge in [0, 0.05) is 6.54 Å². The summed E-state index contributed by atoms with van der Waals surface area (Å²) in [5.41, 5.74) is 1.63. The number of rotatable bonds is 4. The molecule has 0 radical (unpaired) electrons. The first-order valence-electron chi connectivity index (χ1n) is 3.77. The Bertz CT molecular complexity index is 119. The van der Waals surface area contributed by atoms with Crippen molar-refractivity contribution >= 4 is 12.4 Å². The second-order valence-corrected chi connectivity index (χ2v) is 3.83. The van der Waals surface area contributed by atoms with Crippen LogP contribution in [0.25, 0.3) is 0 Å². The summed E-state index contributed by atoms with van der Waals surface area (Å²) >= 11 is 0. The van der Waals surface area contributed by atoms with Gasteiger partial charge in [-0.3, -0.25) is 0 Å². The van der Waals surface area contributed by atoms with Gasteiger partial charge in [0.25, 0.3) is 0 Å². The molecule has 0 aliphatic rings. The fraction of sp³-hybridized carbons (Fsp3) is 0.778. The fourth-order valence-corrected chi connectivity index (χ4v) is 1.36. The standard InChI is InChI=1S/C9H19N.ClH/c1-8(2)6-9(3,4)7-10-5;/h10H,1,6-7H2,2-5H3;1H. The van der Waals surface area contributed by atoms with Crippen molar-refractivity contribution in [2.45, 2.75) is 27.2 Å². The minimum absolute atomic E-state index is 0. The Morgan fingerprint density at radius 3 is 2.18 bits per heavy atom. The molecule has 0 bridgehead atoms. The Morgan fingerprint density at radius 1 is 1.45 bits per heavy atom. The third-order valence-corrected chi connectivity index (χ3v) is 1.44. The van der Waals surface area contributed by atoms with E-state index in [9.17, 15) is 0 Å². The molecule has 0 atom stereocenters. The first-order valence-corrected chi connectivity index (χ1v) is 3.77. The van der Waals surface area contributed by atoms with Crippen molar-refractivity contribution in [1.82, 2.24) is 5.32 Å². The fourth-order valence-electron chi connectivity index (χ4n) is 1.36. The molecule has 0 aliphatic heterocycles. The maximum Gasteiger partial charge on any atom is 0.000258 e. The molecule has 0 aliphatic carbocycles. The molecule has 0 aromatic heterocycles. The van der Waals surface area contributed by atoms with Gasteiger partial charge in [0.05, 0.1) is 0 Å². The lowest BCUT2D eigenvalue weighted by Gasteiger charge is -2.23. The maximum atomic E-state index is 3.89. The van der Waals surface area contributed by atoms with Gasteiger partial charge in [-0.05, 0) is 25.8 Å². The number of allylic oxidation sites excluding steroid dienone is 1. The van der Waals surface area contributed by atoms with Crippen LogP contribution in [0.2, 0.25) is 0 Å². The highest BCUT2D eigenvalue weighted by Crippen LogP contribution is 2.22. The van der Waals surface area contributed by atoms with Gasteiger partial charge in [-0.1, -0.05) is 19.4 Å². The van der Waals surface area contributed by atoms with E-state index < -0.39 is 0 Å². The van der Waals surface area contributed by atoms with Crippen molar-refractivity contribution in [2.24, 2.45) is 5.41 Å². The van der Waals surface area contributed by atoms with Crippen LogP contribution in [0.15, 0.2) is 12.2 Å². The molecule has 68 valence electrons. The van der Waals surface area contributed by atoms with Crippen LogP contribution in [0.1, 0.15) is 27.2 Å². The molecule has 0 amide bonds. The first-order chi connectivity index (χ1) is 4.48. The molecule has 0 spiro atoms. The molecule has 0 saturated heterocycles. The molecular weight excluding hydrogens is 158 g/mol. The summed E-state index contributed by atoms with van der Waals surface area (Å²) in [5.74, 6) is 0. The summed E-state index contributed by atoms with van der Waals surface area (Å²) in [5, 5.41) is 3.17. The van der Waals surface area contributed by atoms with Gasteiger partial charge in [0.2, 0.25) is 0 Å². The predicted octanol–water partition coefficient (Wildman–Crippen LogP) is 2.62. The number of nitrogens with one attached hydrogen (secondary N) is 1. The van der Waals surface area contributed by atoms with Crippen molar-refractivity contribution in [3.8, 4) is 0 Å². The van der Waals surface area contributed by atoms with Gasteiger partial charge in [0.1, 0.15) is 0 Å². The van der Waals surface area contributed by atoms with Crippen LogP contribution in [0, 0.1) is 5.41 Å². The molecule has 1 nitrogen and oxygen atoms in total. The predicted molar refractivity (Wildman–Crippen MR) is 54.4 cm³/mol. The molecular formula is C9H20ClN. The van der Waals surface area contributed by atoms with E-state index in [0.29, 0.717) is 5.41 Å². The highest BCUT2D eigenvalue weighted by Gasteiger charge is 2.15. The molecule has 0 aromatic rings. The zero-order chi connectivity index (χ0) is 8.20. The number of halogens is 1. The van der Waals surface area contributed by atoms with Crippen LogP contribution >= 0.6 is 12.4 Å². The Balaban J connectivity index is 0. The van der Waals surface area contributed by atoms with Crippen molar-refractivity contribution < 1.29 is 0 Å². The van der Waals surface area contributed by atoms with Gasteiger partial charge in [-0.15, -0.1) is 19.0 Å². The largest absolute Gasteiger partial charge is 0.319 e. The summed E-state index contributed by atoms with van der Waals surface area (Å²) in [7, 11) is 1.99. The Morgan fingerprint density at radius 2 is 1.91 bits per heavy atom. The SMILES string of the molecule is C=C(C)CC(C)(C)CNC.Cl. The quantitative estimate of drug-likeness (QED) is 0.652. The molecule has 1 N–H and O–H groups in total. The Kier molecular flexibility index (Phi) is 6.93. The summed E-state index contributed by atoms with van der Waals surface area (Å²) in [4.78, 5) is 0. The zero-order valence-electron chi connectivity index (χ0n) is 8.03. The van der Waals surface area contributed by atoms with Crippen LogP contribution in [-0.4, -0.2) is 13.6 Å². The highest BCUT2D eigenvalue weighted by atomic mass is 35.5. The monoisotopic (exact) mass is 177 g/mol. The van der Waals surface area contributed by atoms with Crippen LogP contribution in [-0.2, 0) is 0 Å². The normalized spacial score (nSPS) is 10.5. The van der Waals surface area contributed by atoms with E-state index in [1.54, 1.807) is 0 Å². The summed E-state index contributed by atoms with van der Waals surface area (Å²) < 4.78 is 0. The molecule has 0 unspecified atom stereocenters. The molecule has 2 heteroatoms. The second-order valence-electron chi connectivity index (χ2n) is 3.83. The van der Waals surface area contributed by atoms with E-state index in [4.69, 9.17) is 0 Å². The Labute approximate surface area is 76.7 Å². The summed E-state index contributed by atoms with van der Waals surface area (Å²) in [6.45, 7) is 11.5. The average molecular weight is 178 g/mol. The van der Waals surface area contributed by atoms with E-state index >= 15 is 0 Å². The lowest BCUT2D eigenvalue weighted by atomic mass is 9.86. The highest BCUT2D eigenvalue weighted by molar-refractivity contribution is 5.85. The summed E-state index contributed by atoms with van der Waals surface area (Å²) in [6, 6.07) is 0. The van der Waals surface area contributed by atoms with Crippen LogP contribution in [0.3, 0.4) is 0 Å². The third-order valence-electron chi connectivity index (χ3n) is 1.44.